The predicted molar refractivity (Wildman–Crippen MR) is 370 cm³/mol. The third kappa shape index (κ3) is 38.0. The van der Waals surface area contributed by atoms with E-state index in [1.165, 1.54) is 263 Å². The van der Waals surface area contributed by atoms with Crippen molar-refractivity contribution < 1.29 is 89.4 Å². The van der Waals surface area contributed by atoms with Crippen LogP contribution in [0.25, 0.3) is 0 Å². The van der Waals surface area contributed by atoms with Crippen LogP contribution in [-0.2, 0) is 33.2 Å². The Labute approximate surface area is 570 Å². The summed E-state index contributed by atoms with van der Waals surface area (Å²) in [6, 6.07) is -0.883. The van der Waals surface area contributed by atoms with E-state index in [1.54, 1.807) is 0 Å². The third-order valence-corrected chi connectivity index (χ3v) is 20.2. The third-order valence-electron chi connectivity index (χ3n) is 20.2. The number of amides is 1. The Balaban J connectivity index is 1.38. The van der Waals surface area contributed by atoms with Gasteiger partial charge in [-0.2, -0.15) is 0 Å². The summed E-state index contributed by atoms with van der Waals surface area (Å²) >= 11 is 0. The molecule has 0 radical (unpaired) electrons. The van der Waals surface area contributed by atoms with Crippen LogP contribution in [0.2, 0.25) is 0 Å². The molecule has 3 heterocycles. The minimum Gasteiger partial charge on any atom is -0.394 e. The molecule has 0 saturated carbocycles. The summed E-state index contributed by atoms with van der Waals surface area (Å²) in [6.07, 6.45) is 37.6. The first kappa shape index (κ1) is 87.0. The molecule has 3 rings (SSSR count). The Hall–Kier alpha value is -1.21. The van der Waals surface area contributed by atoms with Crippen molar-refractivity contribution in [3.8, 4) is 0 Å². The van der Waals surface area contributed by atoms with Crippen molar-refractivity contribution in [3.63, 3.8) is 0 Å². The molecule has 558 valence electrons. The van der Waals surface area contributed by atoms with Crippen LogP contribution >= 0.6 is 0 Å². The lowest BCUT2D eigenvalue weighted by atomic mass is 9.96. The number of ether oxygens (including phenoxy) is 6. The number of unbranched alkanes of at least 4 members (excludes halogenated alkanes) is 47. The van der Waals surface area contributed by atoms with Crippen LogP contribution in [0, 0.1) is 0 Å². The number of aliphatic hydroxyl groups excluding tert-OH is 11. The lowest BCUT2D eigenvalue weighted by Crippen LogP contribution is -2.66. The van der Waals surface area contributed by atoms with Gasteiger partial charge in [0.2, 0.25) is 5.91 Å². The van der Waals surface area contributed by atoms with Gasteiger partial charge in [-0.1, -0.05) is 322 Å². The lowest BCUT2D eigenvalue weighted by Gasteiger charge is -2.48. The zero-order chi connectivity index (χ0) is 68.2. The molecule has 0 bridgehead atoms. The van der Waals surface area contributed by atoms with Crippen molar-refractivity contribution in [1.29, 1.82) is 0 Å². The van der Waals surface area contributed by atoms with E-state index in [4.69, 9.17) is 28.4 Å². The van der Waals surface area contributed by atoms with Crippen molar-refractivity contribution in [2.24, 2.45) is 0 Å². The van der Waals surface area contributed by atoms with E-state index in [-0.39, 0.29) is 18.9 Å². The Kier molecular flexibility index (Phi) is 53.1. The van der Waals surface area contributed by atoms with Crippen LogP contribution in [0.4, 0.5) is 0 Å². The molecule has 12 N–H and O–H groups in total. The molecule has 19 nitrogen and oxygen atoms in total. The number of rotatable bonds is 63. The maximum absolute atomic E-state index is 13.5. The predicted octanol–water partition coefficient (Wildman–Crippen LogP) is 12.2. The van der Waals surface area contributed by atoms with Crippen LogP contribution < -0.4 is 5.32 Å². The molecule has 17 atom stereocenters. The summed E-state index contributed by atoms with van der Waals surface area (Å²) in [5, 5.41) is 121. The molecule has 0 aromatic heterocycles. The van der Waals surface area contributed by atoms with Gasteiger partial charge < -0.3 is 89.9 Å². The summed E-state index contributed by atoms with van der Waals surface area (Å²) < 4.78 is 34.5. The molecule has 3 fully saturated rings. The number of hydrogen-bond donors (Lipinski definition) is 12. The molecule has 19 heteroatoms. The normalized spacial score (nSPS) is 27.3. The second kappa shape index (κ2) is 57.4. The maximum atomic E-state index is 13.5. The fraction of sp³-hybridized carbons (Fsp3) is 0.987. The molecule has 1 amide bonds. The Morgan fingerprint density at radius 3 is 0.926 bits per heavy atom. The second-order valence-electron chi connectivity index (χ2n) is 28.5. The number of carbonyl (C=O) groups is 1. The molecule has 3 saturated heterocycles. The van der Waals surface area contributed by atoms with E-state index < -0.39 is 124 Å². The summed E-state index contributed by atoms with van der Waals surface area (Å²) in [5.74, 6) is -0.233. The first-order chi connectivity index (χ1) is 45.8. The van der Waals surface area contributed by atoms with Gasteiger partial charge in [0.25, 0.3) is 0 Å². The summed E-state index contributed by atoms with van der Waals surface area (Å²) in [6.45, 7) is 1.87. The fourth-order valence-corrected chi connectivity index (χ4v) is 13.8. The van der Waals surface area contributed by atoms with Crippen molar-refractivity contribution in [2.75, 3.05) is 26.4 Å². The van der Waals surface area contributed by atoms with Gasteiger partial charge in [0.1, 0.15) is 73.2 Å². The highest BCUT2D eigenvalue weighted by Crippen LogP contribution is 2.33. The quantitative estimate of drug-likeness (QED) is 0.0252. The van der Waals surface area contributed by atoms with Crippen molar-refractivity contribution in [1.82, 2.24) is 5.32 Å². The van der Waals surface area contributed by atoms with E-state index in [0.29, 0.717) is 12.8 Å². The first-order valence-electron chi connectivity index (χ1n) is 39.3. The Morgan fingerprint density at radius 1 is 0.340 bits per heavy atom. The average molecular weight is 1350 g/mol. The lowest BCUT2D eigenvalue weighted by molar-refractivity contribution is -0.379. The van der Waals surface area contributed by atoms with Crippen LogP contribution in [0.1, 0.15) is 341 Å². The molecule has 0 aliphatic carbocycles. The maximum Gasteiger partial charge on any atom is 0.220 e. The topological polar surface area (TPSA) is 307 Å². The largest absolute Gasteiger partial charge is 0.394 e. The highest BCUT2D eigenvalue weighted by molar-refractivity contribution is 5.76. The zero-order valence-corrected chi connectivity index (χ0v) is 59.5. The first-order valence-corrected chi connectivity index (χ1v) is 39.3. The number of nitrogens with one attached hydrogen (secondary N) is 1. The average Bonchev–Trinajstić information content (AvgIpc) is 0.787. The van der Waals surface area contributed by atoms with Gasteiger partial charge in [0, 0.05) is 6.42 Å². The molecule has 3 aliphatic rings. The summed E-state index contributed by atoms with van der Waals surface area (Å²) in [7, 11) is 0. The molecular weight excluding hydrogens is 1200 g/mol. The van der Waals surface area contributed by atoms with Gasteiger partial charge >= 0.3 is 0 Å². The van der Waals surface area contributed by atoms with E-state index in [1.807, 2.05) is 0 Å². The standard InChI is InChI=1S/C75H145NO18/c1-3-5-7-9-11-13-15-17-19-21-23-25-27-29-30-32-34-36-38-40-42-44-46-48-50-52-59(80)58(76-63(81)53-51-49-47-45-43-41-39-37-35-33-31-28-26-24-22-20-18-16-14-12-10-8-6-4-2)57-89-73-69(87)66(84)71(61(55-78)91-73)94-75-70(88)67(85)72(62(56-79)92-75)93-74-68(86)65(83)64(82)60(54-77)90-74/h58-62,64-75,77-80,82-88H,3-57H2,1-2H3,(H,76,81). The number of aliphatic hydroxyl groups is 11. The fourth-order valence-electron chi connectivity index (χ4n) is 13.8. The van der Waals surface area contributed by atoms with Crippen molar-refractivity contribution in [2.45, 2.75) is 446 Å². The van der Waals surface area contributed by atoms with Gasteiger partial charge in [-0.25, -0.2) is 0 Å². The molecule has 94 heavy (non-hydrogen) atoms. The van der Waals surface area contributed by atoms with Gasteiger partial charge in [-0.3, -0.25) is 4.79 Å². The van der Waals surface area contributed by atoms with Gasteiger partial charge in [-0.15, -0.1) is 0 Å². The molecule has 0 aromatic rings. The van der Waals surface area contributed by atoms with Crippen molar-refractivity contribution >= 4 is 5.91 Å². The minimum atomic E-state index is -1.97. The number of hydrogen-bond acceptors (Lipinski definition) is 18. The van der Waals surface area contributed by atoms with Crippen LogP contribution in [0.15, 0.2) is 0 Å². The summed E-state index contributed by atoms with van der Waals surface area (Å²) in [5.41, 5.74) is 0. The van der Waals surface area contributed by atoms with Gasteiger partial charge in [0.05, 0.1) is 38.6 Å². The van der Waals surface area contributed by atoms with E-state index in [2.05, 4.69) is 19.2 Å². The zero-order valence-electron chi connectivity index (χ0n) is 59.5. The molecule has 0 aromatic carbocycles. The second-order valence-corrected chi connectivity index (χ2v) is 28.5. The van der Waals surface area contributed by atoms with Crippen molar-refractivity contribution in [3.05, 3.63) is 0 Å². The Morgan fingerprint density at radius 2 is 0.606 bits per heavy atom. The Bertz CT molecular complexity index is 1700. The highest BCUT2D eigenvalue weighted by atomic mass is 16.8. The van der Waals surface area contributed by atoms with E-state index in [0.717, 1.165) is 44.9 Å². The van der Waals surface area contributed by atoms with Crippen LogP contribution in [0.3, 0.4) is 0 Å². The molecule has 17 unspecified atom stereocenters. The van der Waals surface area contributed by atoms with Gasteiger partial charge in [-0.05, 0) is 12.8 Å². The van der Waals surface area contributed by atoms with E-state index in [9.17, 15) is 61.0 Å². The smallest absolute Gasteiger partial charge is 0.220 e. The minimum absolute atomic E-state index is 0.233. The van der Waals surface area contributed by atoms with Crippen LogP contribution in [0.5, 0.6) is 0 Å². The summed E-state index contributed by atoms with van der Waals surface area (Å²) in [4.78, 5) is 13.5. The van der Waals surface area contributed by atoms with Gasteiger partial charge in [0.15, 0.2) is 18.9 Å². The van der Waals surface area contributed by atoms with Crippen LogP contribution in [-0.4, -0.2) is 193 Å². The highest BCUT2D eigenvalue weighted by Gasteiger charge is 2.54. The molecule has 3 aliphatic heterocycles. The number of carbonyl (C=O) groups excluding carboxylic acids is 1. The molecule has 0 spiro atoms. The van der Waals surface area contributed by atoms with E-state index >= 15 is 0 Å². The molecular formula is C75H145NO18. The monoisotopic (exact) mass is 1350 g/mol. The SMILES string of the molecule is CCCCCCCCCCCCCCCCCCCCCCCCCCCC(O)C(COC1OC(CO)C(OC2OC(CO)C(OC3OC(CO)C(O)C(O)C3O)C(O)C2O)C(O)C1O)NC(=O)CCCCCCCCCCCCCCCCCCCCCCCCCC.